The molecule has 0 N–H and O–H groups in total. The molecule has 90 valence electrons. The largest absolute Gasteiger partial charge is 0.219 e. The fourth-order valence-corrected chi connectivity index (χ4v) is 2.98. The van der Waals surface area contributed by atoms with Gasteiger partial charge in [-0.15, -0.1) is 0 Å². The van der Waals surface area contributed by atoms with E-state index in [-0.39, 0.29) is 9.79 Å². The van der Waals surface area contributed by atoms with Gasteiger partial charge in [0.05, 0.1) is 21.4 Å². The van der Waals surface area contributed by atoms with E-state index in [4.69, 9.17) is 5.26 Å². The van der Waals surface area contributed by atoms with Crippen LogP contribution in [0.15, 0.2) is 62.8 Å². The Bertz CT molecular complexity index is 698. The number of hydrogen-bond donors (Lipinski definition) is 0. The number of halogens is 1. The molecule has 2 aromatic rings. The highest BCUT2D eigenvalue weighted by Crippen LogP contribution is 2.22. The van der Waals surface area contributed by atoms with E-state index >= 15 is 0 Å². The van der Waals surface area contributed by atoms with Crippen LogP contribution >= 0.6 is 15.9 Å². The Hall–Kier alpha value is -1.64. The van der Waals surface area contributed by atoms with Gasteiger partial charge in [-0.25, -0.2) is 8.42 Å². The van der Waals surface area contributed by atoms with Crippen molar-refractivity contribution in [3.63, 3.8) is 0 Å². The summed E-state index contributed by atoms with van der Waals surface area (Å²) >= 11 is 3.26. The van der Waals surface area contributed by atoms with E-state index in [1.54, 1.807) is 12.1 Å². The second-order valence-electron chi connectivity index (χ2n) is 3.59. The molecule has 0 aliphatic rings. The maximum atomic E-state index is 12.2. The Balaban J connectivity index is 2.48. The van der Waals surface area contributed by atoms with E-state index in [1.807, 2.05) is 6.07 Å². The summed E-state index contributed by atoms with van der Waals surface area (Å²) in [6.07, 6.45) is 0. The van der Waals surface area contributed by atoms with Gasteiger partial charge in [0.15, 0.2) is 0 Å². The van der Waals surface area contributed by atoms with Gasteiger partial charge in [0.2, 0.25) is 9.84 Å². The number of hydrogen-bond acceptors (Lipinski definition) is 3. The standard InChI is InChI=1S/C13H8BrNO2S/c14-11-3-7-13(8-4-11)18(16,17)12-5-1-10(9-15)2-6-12/h1-8H. The van der Waals surface area contributed by atoms with Crippen LogP contribution in [0.4, 0.5) is 0 Å². The summed E-state index contributed by atoms with van der Waals surface area (Å²) < 4.78 is 25.3. The average Bonchev–Trinajstić information content (AvgIpc) is 2.39. The van der Waals surface area contributed by atoms with Gasteiger partial charge < -0.3 is 0 Å². The summed E-state index contributed by atoms with van der Waals surface area (Å²) in [5.74, 6) is 0. The zero-order chi connectivity index (χ0) is 13.2. The predicted octanol–water partition coefficient (Wildman–Crippen LogP) is 3.15. The van der Waals surface area contributed by atoms with Crippen LogP contribution in [0.25, 0.3) is 0 Å². The fraction of sp³-hybridized carbons (Fsp3) is 0. The Morgan fingerprint density at radius 2 is 1.33 bits per heavy atom. The van der Waals surface area contributed by atoms with Gasteiger partial charge in [0.25, 0.3) is 0 Å². The minimum atomic E-state index is -3.51. The van der Waals surface area contributed by atoms with Crippen molar-refractivity contribution in [2.24, 2.45) is 0 Å². The number of nitrogens with zero attached hydrogens (tertiary/aromatic N) is 1. The summed E-state index contributed by atoms with van der Waals surface area (Å²) in [6, 6.07) is 14.2. The number of sulfone groups is 1. The molecule has 0 radical (unpaired) electrons. The quantitative estimate of drug-likeness (QED) is 0.853. The van der Waals surface area contributed by atoms with E-state index in [0.717, 1.165) is 4.47 Å². The molecule has 0 heterocycles. The molecule has 0 saturated heterocycles. The molecular formula is C13H8BrNO2S. The van der Waals surface area contributed by atoms with E-state index in [1.165, 1.54) is 36.4 Å². The highest BCUT2D eigenvalue weighted by atomic mass is 79.9. The minimum absolute atomic E-state index is 0.184. The molecule has 2 aromatic carbocycles. The highest BCUT2D eigenvalue weighted by molar-refractivity contribution is 9.10. The third-order valence-corrected chi connectivity index (χ3v) is 4.73. The maximum Gasteiger partial charge on any atom is 0.206 e. The molecular weight excluding hydrogens is 314 g/mol. The normalized spacial score (nSPS) is 10.9. The van der Waals surface area contributed by atoms with Crippen molar-refractivity contribution in [1.82, 2.24) is 0 Å². The van der Waals surface area contributed by atoms with Gasteiger partial charge in [0, 0.05) is 4.47 Å². The summed E-state index contributed by atoms with van der Waals surface area (Å²) in [7, 11) is -3.51. The summed E-state index contributed by atoms with van der Waals surface area (Å²) in [5, 5.41) is 8.67. The molecule has 5 heteroatoms. The maximum absolute atomic E-state index is 12.2. The van der Waals surface area contributed by atoms with Crippen LogP contribution in [0.5, 0.6) is 0 Å². The Morgan fingerprint density at radius 3 is 1.78 bits per heavy atom. The second kappa shape index (κ2) is 4.92. The first-order valence-electron chi connectivity index (χ1n) is 5.05. The highest BCUT2D eigenvalue weighted by Gasteiger charge is 2.16. The number of nitriles is 1. The first-order chi connectivity index (χ1) is 8.54. The number of benzene rings is 2. The molecule has 0 aromatic heterocycles. The van der Waals surface area contributed by atoms with E-state index in [9.17, 15) is 8.42 Å². The zero-order valence-electron chi connectivity index (χ0n) is 9.17. The van der Waals surface area contributed by atoms with Gasteiger partial charge >= 0.3 is 0 Å². The minimum Gasteiger partial charge on any atom is -0.219 e. The summed E-state index contributed by atoms with van der Waals surface area (Å²) in [6.45, 7) is 0. The fourth-order valence-electron chi connectivity index (χ4n) is 1.46. The van der Waals surface area contributed by atoms with Crippen LogP contribution in [-0.2, 0) is 9.84 Å². The Kier molecular flexibility index (Phi) is 3.50. The van der Waals surface area contributed by atoms with Gasteiger partial charge in [-0.2, -0.15) is 5.26 Å². The van der Waals surface area contributed by atoms with Crippen LogP contribution in [0.2, 0.25) is 0 Å². The molecule has 0 aliphatic carbocycles. The number of rotatable bonds is 2. The molecule has 3 nitrogen and oxygen atoms in total. The summed E-state index contributed by atoms with van der Waals surface area (Å²) in [4.78, 5) is 0.416. The molecule has 0 bridgehead atoms. The van der Waals surface area contributed by atoms with Gasteiger partial charge in [-0.05, 0) is 48.5 Å². The third kappa shape index (κ3) is 2.45. The lowest BCUT2D eigenvalue weighted by atomic mass is 10.2. The van der Waals surface area contributed by atoms with E-state index in [0.29, 0.717) is 5.56 Å². The molecule has 0 aliphatic heterocycles. The Labute approximate surface area is 114 Å². The van der Waals surface area contributed by atoms with Crippen molar-refractivity contribution in [2.75, 3.05) is 0 Å². The van der Waals surface area contributed by atoms with Crippen LogP contribution in [-0.4, -0.2) is 8.42 Å². The smallest absolute Gasteiger partial charge is 0.206 e. The van der Waals surface area contributed by atoms with Gasteiger partial charge in [0.1, 0.15) is 0 Å². The lowest BCUT2D eigenvalue weighted by Gasteiger charge is -2.04. The average molecular weight is 322 g/mol. The molecule has 0 amide bonds. The molecule has 18 heavy (non-hydrogen) atoms. The SMILES string of the molecule is N#Cc1ccc(S(=O)(=O)c2ccc(Br)cc2)cc1. The lowest BCUT2D eigenvalue weighted by Crippen LogP contribution is -2.01. The third-order valence-electron chi connectivity index (χ3n) is 2.42. The van der Waals surface area contributed by atoms with Crippen molar-refractivity contribution in [3.8, 4) is 6.07 Å². The Morgan fingerprint density at radius 1 is 0.889 bits per heavy atom. The molecule has 0 atom stereocenters. The van der Waals surface area contributed by atoms with Crippen molar-refractivity contribution in [3.05, 3.63) is 58.6 Å². The van der Waals surface area contributed by atoms with Crippen molar-refractivity contribution < 1.29 is 8.42 Å². The van der Waals surface area contributed by atoms with Crippen LogP contribution in [0.1, 0.15) is 5.56 Å². The first kappa shape index (κ1) is 12.8. The monoisotopic (exact) mass is 321 g/mol. The van der Waals surface area contributed by atoms with Gasteiger partial charge in [-0.3, -0.25) is 0 Å². The van der Waals surface area contributed by atoms with Crippen molar-refractivity contribution in [1.29, 1.82) is 5.26 Å². The van der Waals surface area contributed by atoms with E-state index in [2.05, 4.69) is 15.9 Å². The van der Waals surface area contributed by atoms with Crippen molar-refractivity contribution in [2.45, 2.75) is 9.79 Å². The lowest BCUT2D eigenvalue weighted by molar-refractivity contribution is 0.596. The van der Waals surface area contributed by atoms with Gasteiger partial charge in [-0.1, -0.05) is 15.9 Å². The molecule has 0 saturated carbocycles. The van der Waals surface area contributed by atoms with Crippen LogP contribution in [0.3, 0.4) is 0 Å². The zero-order valence-corrected chi connectivity index (χ0v) is 11.6. The van der Waals surface area contributed by atoms with Crippen LogP contribution < -0.4 is 0 Å². The molecule has 0 unspecified atom stereocenters. The molecule has 0 fully saturated rings. The predicted molar refractivity (Wildman–Crippen MR) is 70.8 cm³/mol. The van der Waals surface area contributed by atoms with Crippen LogP contribution in [0, 0.1) is 11.3 Å². The molecule has 0 spiro atoms. The topological polar surface area (TPSA) is 57.9 Å². The first-order valence-corrected chi connectivity index (χ1v) is 7.32. The molecule has 2 rings (SSSR count). The van der Waals surface area contributed by atoms with E-state index < -0.39 is 9.84 Å². The summed E-state index contributed by atoms with van der Waals surface area (Å²) in [5.41, 5.74) is 0.435. The van der Waals surface area contributed by atoms with Crippen molar-refractivity contribution >= 4 is 25.8 Å². The second-order valence-corrected chi connectivity index (χ2v) is 6.46.